The fraction of sp³-hybridized carbons (Fsp3) is 0.233. The number of nitriles is 1. The van der Waals surface area contributed by atoms with Gasteiger partial charge < -0.3 is 14.4 Å². The molecule has 4 aromatic rings. The van der Waals surface area contributed by atoms with Crippen molar-refractivity contribution in [2.24, 2.45) is 0 Å². The van der Waals surface area contributed by atoms with Gasteiger partial charge in [0.1, 0.15) is 11.6 Å². The third-order valence-electron chi connectivity index (χ3n) is 6.93. The van der Waals surface area contributed by atoms with E-state index in [-0.39, 0.29) is 17.0 Å². The summed E-state index contributed by atoms with van der Waals surface area (Å²) in [7, 11) is 0. The lowest BCUT2D eigenvalue weighted by Crippen LogP contribution is -2.49. The number of alkyl halides is 1. The number of nitrogens with zero attached hydrogens (tertiary/aromatic N) is 4. The lowest BCUT2D eigenvalue weighted by atomic mass is 10.0. The quantitative estimate of drug-likeness (QED) is 0.235. The minimum atomic E-state index is -0.286. The zero-order valence-electron chi connectivity index (χ0n) is 20.7. The molecule has 0 unspecified atom stereocenters. The molecule has 1 saturated heterocycles. The summed E-state index contributed by atoms with van der Waals surface area (Å²) in [5.74, 6) is 0.0131. The molecule has 0 saturated carbocycles. The number of benzene rings is 3. The molecule has 0 atom stereocenters. The Hall–Kier alpha value is -3.64. The van der Waals surface area contributed by atoms with E-state index in [1.165, 1.54) is 5.56 Å². The van der Waals surface area contributed by atoms with Crippen molar-refractivity contribution in [2.45, 2.75) is 17.9 Å². The van der Waals surface area contributed by atoms with Crippen LogP contribution in [0, 0.1) is 18.3 Å². The van der Waals surface area contributed by atoms with E-state index in [0.717, 1.165) is 26.5 Å². The largest absolute Gasteiger partial charge is 0.366 e. The molecule has 7 heteroatoms. The van der Waals surface area contributed by atoms with Crippen molar-refractivity contribution >= 4 is 45.1 Å². The van der Waals surface area contributed by atoms with Crippen molar-refractivity contribution in [1.82, 2.24) is 9.47 Å². The first kappa shape index (κ1) is 25.0. The number of anilines is 1. The highest BCUT2D eigenvalue weighted by atomic mass is 127. The average molecular weight is 602 g/mol. The number of aryl methyl sites for hydroxylation is 1. The van der Waals surface area contributed by atoms with Gasteiger partial charge in [-0.15, -0.1) is 0 Å². The third-order valence-corrected chi connectivity index (χ3v) is 7.81. The van der Waals surface area contributed by atoms with E-state index in [2.05, 4.69) is 39.6 Å². The maximum absolute atomic E-state index is 13.6. The number of aromatic nitrogens is 1. The zero-order valence-corrected chi connectivity index (χ0v) is 22.8. The van der Waals surface area contributed by atoms with E-state index in [4.69, 9.17) is 0 Å². The summed E-state index contributed by atoms with van der Waals surface area (Å²) in [6.45, 7) is 4.57. The molecule has 1 amide bonds. The zero-order chi connectivity index (χ0) is 25.9. The van der Waals surface area contributed by atoms with E-state index in [9.17, 15) is 14.9 Å². The van der Waals surface area contributed by atoms with Gasteiger partial charge >= 0.3 is 0 Å². The first-order chi connectivity index (χ1) is 18.0. The van der Waals surface area contributed by atoms with Crippen LogP contribution >= 0.6 is 22.6 Å². The van der Waals surface area contributed by atoms with Gasteiger partial charge in [0.15, 0.2) is 0 Å². The molecule has 0 spiro atoms. The van der Waals surface area contributed by atoms with Gasteiger partial charge in [-0.2, -0.15) is 5.26 Å². The summed E-state index contributed by atoms with van der Waals surface area (Å²) in [6, 6.07) is 25.8. The second kappa shape index (κ2) is 10.8. The van der Waals surface area contributed by atoms with Crippen LogP contribution in [0.5, 0.6) is 0 Å². The summed E-state index contributed by atoms with van der Waals surface area (Å²) < 4.78 is 2.61. The van der Waals surface area contributed by atoms with Crippen LogP contribution in [0.1, 0.15) is 32.6 Å². The van der Waals surface area contributed by atoms with Gasteiger partial charge in [0.2, 0.25) is 0 Å². The van der Waals surface area contributed by atoms with E-state index < -0.39 is 0 Å². The molecule has 186 valence electrons. The van der Waals surface area contributed by atoms with E-state index in [1.807, 2.05) is 78.6 Å². The Morgan fingerprint density at radius 3 is 2.30 bits per heavy atom. The Balaban J connectivity index is 1.48. The Bertz CT molecular complexity index is 1550. The van der Waals surface area contributed by atoms with Crippen LogP contribution in [0.2, 0.25) is 0 Å². The normalized spacial score (nSPS) is 13.5. The van der Waals surface area contributed by atoms with Gasteiger partial charge in [0, 0.05) is 41.6 Å². The number of hydrogen-bond acceptors (Lipinski definition) is 4. The van der Waals surface area contributed by atoms with Gasteiger partial charge in [-0.05, 0) is 42.3 Å². The van der Waals surface area contributed by atoms with Crippen molar-refractivity contribution in [3.8, 4) is 6.07 Å². The van der Waals surface area contributed by atoms with Crippen molar-refractivity contribution in [3.05, 3.63) is 111 Å². The van der Waals surface area contributed by atoms with Crippen LogP contribution in [0.25, 0.3) is 10.9 Å². The molecule has 6 nitrogen and oxygen atoms in total. The number of piperazine rings is 1. The van der Waals surface area contributed by atoms with E-state index in [0.29, 0.717) is 44.0 Å². The van der Waals surface area contributed by atoms with Crippen molar-refractivity contribution in [3.63, 3.8) is 0 Å². The maximum Gasteiger partial charge on any atom is 0.271 e. The standard InChI is InChI=1S/C30H27IN4O2/c1-21-7-12-27-25(17-21)28(26(19-32)30(37)35(27)20-23-5-3-2-4-6-23)33-13-15-34(16-14-33)29(36)24-10-8-22(18-31)9-11-24/h2-12,17H,13-16,18,20H2,1H3. The Morgan fingerprint density at radius 2 is 1.65 bits per heavy atom. The third kappa shape index (κ3) is 4.98. The molecule has 1 aromatic heterocycles. The maximum atomic E-state index is 13.6. The average Bonchev–Trinajstić information content (AvgIpc) is 2.94. The topological polar surface area (TPSA) is 69.3 Å². The molecule has 0 bridgehead atoms. The van der Waals surface area contributed by atoms with Crippen LogP contribution in [0.3, 0.4) is 0 Å². The fourth-order valence-electron chi connectivity index (χ4n) is 4.96. The SMILES string of the molecule is Cc1ccc2c(c1)c(N1CCN(C(=O)c3ccc(CI)cc3)CC1)c(C#N)c(=O)n2Cc1ccccc1. The van der Waals surface area contributed by atoms with Crippen LogP contribution < -0.4 is 10.5 Å². The minimum Gasteiger partial charge on any atom is -0.366 e. The molecule has 0 aliphatic carbocycles. The minimum absolute atomic E-state index is 0.0131. The highest BCUT2D eigenvalue weighted by Crippen LogP contribution is 2.31. The summed E-state index contributed by atoms with van der Waals surface area (Å²) >= 11 is 2.31. The Labute approximate surface area is 229 Å². The predicted octanol–water partition coefficient (Wildman–Crippen LogP) is 5.13. The van der Waals surface area contributed by atoms with Crippen molar-refractivity contribution < 1.29 is 4.79 Å². The fourth-order valence-corrected chi connectivity index (χ4v) is 5.47. The first-order valence-corrected chi connectivity index (χ1v) is 13.8. The number of carbonyl (C=O) groups is 1. The van der Waals surface area contributed by atoms with E-state index >= 15 is 0 Å². The Kier molecular flexibility index (Phi) is 7.28. The lowest BCUT2D eigenvalue weighted by molar-refractivity contribution is 0.0747. The smallest absolute Gasteiger partial charge is 0.271 e. The van der Waals surface area contributed by atoms with Crippen molar-refractivity contribution in [1.29, 1.82) is 5.26 Å². The summed E-state index contributed by atoms with van der Waals surface area (Å²) in [5.41, 5.74) is 5.29. The number of halogens is 1. The molecule has 1 aliphatic rings. The van der Waals surface area contributed by atoms with Gasteiger partial charge in [0.05, 0.1) is 17.7 Å². The van der Waals surface area contributed by atoms with Gasteiger partial charge in [-0.1, -0.05) is 76.7 Å². The highest BCUT2D eigenvalue weighted by Gasteiger charge is 2.27. The molecule has 2 heterocycles. The molecule has 37 heavy (non-hydrogen) atoms. The molecule has 3 aromatic carbocycles. The predicted molar refractivity (Wildman–Crippen MR) is 155 cm³/mol. The van der Waals surface area contributed by atoms with Gasteiger partial charge in [-0.25, -0.2) is 0 Å². The number of pyridine rings is 1. The second-order valence-corrected chi connectivity index (χ2v) is 10.1. The highest BCUT2D eigenvalue weighted by molar-refractivity contribution is 14.1. The molecular weight excluding hydrogens is 575 g/mol. The number of rotatable bonds is 5. The number of fused-ring (bicyclic) bond motifs is 1. The van der Waals surface area contributed by atoms with Gasteiger partial charge in [0.25, 0.3) is 11.5 Å². The van der Waals surface area contributed by atoms with Crippen LogP contribution in [-0.2, 0) is 11.0 Å². The van der Waals surface area contributed by atoms with Crippen molar-refractivity contribution in [2.75, 3.05) is 31.1 Å². The van der Waals surface area contributed by atoms with Crippen LogP contribution in [0.15, 0.2) is 77.6 Å². The van der Waals surface area contributed by atoms with E-state index in [1.54, 1.807) is 4.57 Å². The number of hydrogen-bond donors (Lipinski definition) is 0. The first-order valence-electron chi connectivity index (χ1n) is 12.3. The monoisotopic (exact) mass is 602 g/mol. The number of carbonyl (C=O) groups excluding carboxylic acids is 1. The molecule has 0 N–H and O–H groups in total. The summed E-state index contributed by atoms with van der Waals surface area (Å²) in [6.07, 6.45) is 0. The molecule has 5 rings (SSSR count). The molecule has 1 fully saturated rings. The Morgan fingerprint density at radius 1 is 0.946 bits per heavy atom. The molecule has 0 radical (unpaired) electrons. The lowest BCUT2D eigenvalue weighted by Gasteiger charge is -2.37. The summed E-state index contributed by atoms with van der Waals surface area (Å²) in [5, 5.41) is 11.0. The summed E-state index contributed by atoms with van der Waals surface area (Å²) in [4.78, 5) is 30.7. The van der Waals surface area contributed by atoms with Crippen LogP contribution in [0.4, 0.5) is 5.69 Å². The van der Waals surface area contributed by atoms with Crippen LogP contribution in [-0.4, -0.2) is 41.6 Å². The molecule has 1 aliphatic heterocycles. The number of amides is 1. The van der Waals surface area contributed by atoms with Gasteiger partial charge in [-0.3, -0.25) is 9.59 Å². The molecular formula is C30H27IN4O2. The second-order valence-electron chi connectivity index (χ2n) is 9.34.